The first-order valence-electron chi connectivity index (χ1n) is 10.1. The van der Waals surface area contributed by atoms with E-state index in [4.69, 9.17) is 17.2 Å². The van der Waals surface area contributed by atoms with Gasteiger partial charge in [0.1, 0.15) is 0 Å². The quantitative estimate of drug-likeness (QED) is 0.602. The van der Waals surface area contributed by atoms with Crippen LogP contribution in [-0.2, 0) is 11.2 Å². The van der Waals surface area contributed by atoms with Crippen LogP contribution in [0, 0.1) is 10.8 Å². The zero-order chi connectivity index (χ0) is 21.7. The Labute approximate surface area is 175 Å². The molecule has 7 nitrogen and oxygen atoms in total. The van der Waals surface area contributed by atoms with Gasteiger partial charge in [0.25, 0.3) is 5.91 Å². The van der Waals surface area contributed by atoms with E-state index >= 15 is 0 Å². The van der Waals surface area contributed by atoms with Gasteiger partial charge >= 0.3 is 0 Å². The average Bonchev–Trinajstić information content (AvgIpc) is 3.21. The summed E-state index contributed by atoms with van der Waals surface area (Å²) in [7, 11) is 0. The smallest absolute Gasteiger partial charge is 0.252 e. The van der Waals surface area contributed by atoms with E-state index in [0.29, 0.717) is 17.6 Å². The lowest BCUT2D eigenvalue weighted by molar-refractivity contribution is -0.132. The first-order valence-corrected chi connectivity index (χ1v) is 10.1. The van der Waals surface area contributed by atoms with Crippen LogP contribution in [0.2, 0.25) is 0 Å². The minimum atomic E-state index is -0.626. The van der Waals surface area contributed by atoms with Crippen LogP contribution in [-0.4, -0.2) is 21.4 Å². The fraction of sp³-hybridized carbons (Fsp3) is 0.348. The minimum absolute atomic E-state index is 0.190. The maximum atomic E-state index is 12.4. The molecule has 2 aromatic heterocycles. The molecular weight excluding hydrogens is 378 g/mol. The zero-order valence-corrected chi connectivity index (χ0v) is 17.3. The molecule has 7 heteroatoms. The number of primary amides is 2. The van der Waals surface area contributed by atoms with Gasteiger partial charge in [-0.1, -0.05) is 50.6 Å². The molecule has 6 N–H and O–H groups in total. The highest BCUT2D eigenvalue weighted by Crippen LogP contribution is 2.55. The van der Waals surface area contributed by atoms with E-state index in [1.807, 2.05) is 43.5 Å². The Hall–Kier alpha value is -3.35. The monoisotopic (exact) mass is 405 g/mol. The van der Waals surface area contributed by atoms with Crippen LogP contribution in [0.15, 0.2) is 42.7 Å². The number of rotatable bonds is 5. The Morgan fingerprint density at radius 3 is 2.47 bits per heavy atom. The lowest BCUT2D eigenvalue weighted by Gasteiger charge is -2.39. The second-order valence-electron chi connectivity index (χ2n) is 8.80. The topological polar surface area (TPSA) is 130 Å². The van der Waals surface area contributed by atoms with E-state index < -0.39 is 11.3 Å². The number of aromatic nitrogens is 2. The summed E-state index contributed by atoms with van der Waals surface area (Å²) in [6.07, 6.45) is 6.46. The van der Waals surface area contributed by atoms with Crippen LogP contribution >= 0.6 is 0 Å². The molecule has 4 rings (SSSR count). The molecule has 1 aliphatic rings. The van der Waals surface area contributed by atoms with Gasteiger partial charge in [-0.3, -0.25) is 9.59 Å². The third-order valence-corrected chi connectivity index (χ3v) is 7.15. The van der Waals surface area contributed by atoms with Gasteiger partial charge in [-0.25, -0.2) is 4.52 Å². The third kappa shape index (κ3) is 2.84. The highest BCUT2D eigenvalue weighted by molar-refractivity contribution is 6.02. The largest absolute Gasteiger partial charge is 0.396 e. The number of benzene rings is 1. The van der Waals surface area contributed by atoms with Crippen molar-refractivity contribution in [2.24, 2.45) is 22.3 Å². The molecule has 2 heterocycles. The highest BCUT2D eigenvalue weighted by atomic mass is 16.1. The molecule has 0 bridgehead atoms. The standard InChI is InChI=1S/C23H27N5O2/c1-22(9-6-10-23(22,2)21(26)30)11-15-17(14-7-4-3-5-8-14)13-28-19(15)18(24)16(12-27-28)20(25)29/h3-5,7-8,12-13H,6,9-11,24H2,1-2H3,(H2,25,29)(H2,26,30). The van der Waals surface area contributed by atoms with Crippen molar-refractivity contribution in [3.63, 3.8) is 0 Å². The summed E-state index contributed by atoms with van der Waals surface area (Å²) in [6.45, 7) is 4.07. The summed E-state index contributed by atoms with van der Waals surface area (Å²) in [5, 5.41) is 4.38. The number of carbonyl (C=O) groups is 2. The molecule has 0 aliphatic heterocycles. The van der Waals surface area contributed by atoms with E-state index in [0.717, 1.165) is 36.0 Å². The summed E-state index contributed by atoms with van der Waals surface area (Å²) in [5.41, 5.74) is 20.9. The number of hydrogen-bond donors (Lipinski definition) is 3. The van der Waals surface area contributed by atoms with Crippen LogP contribution in [0.4, 0.5) is 5.69 Å². The molecule has 0 spiro atoms. The van der Waals surface area contributed by atoms with Crippen molar-refractivity contribution in [3.05, 3.63) is 53.9 Å². The predicted octanol–water partition coefficient (Wildman–Crippen LogP) is 2.91. The molecule has 0 saturated heterocycles. The molecule has 0 radical (unpaired) electrons. The normalized spacial score (nSPS) is 23.7. The molecule has 1 fully saturated rings. The lowest BCUT2D eigenvalue weighted by atomic mass is 9.64. The number of amides is 2. The molecule has 30 heavy (non-hydrogen) atoms. The summed E-state index contributed by atoms with van der Waals surface area (Å²) in [6, 6.07) is 9.94. The van der Waals surface area contributed by atoms with Crippen LogP contribution in [0.3, 0.4) is 0 Å². The van der Waals surface area contributed by atoms with Crippen LogP contribution < -0.4 is 17.2 Å². The van der Waals surface area contributed by atoms with Crippen LogP contribution in [0.1, 0.15) is 49.0 Å². The number of anilines is 1. The van der Waals surface area contributed by atoms with Crippen molar-refractivity contribution in [2.45, 2.75) is 39.5 Å². The fourth-order valence-electron chi connectivity index (χ4n) is 4.97. The molecule has 1 aromatic carbocycles. The van der Waals surface area contributed by atoms with Gasteiger partial charge < -0.3 is 17.2 Å². The Bertz CT molecular complexity index is 1150. The fourth-order valence-corrected chi connectivity index (χ4v) is 4.97. The third-order valence-electron chi connectivity index (χ3n) is 7.15. The number of nitrogens with two attached hydrogens (primary N) is 3. The highest BCUT2D eigenvalue weighted by Gasteiger charge is 2.52. The SMILES string of the molecule is CC1(Cc2c(-c3ccccc3)cn3ncc(C(N)=O)c(N)c23)CCCC1(C)C(N)=O. The Kier molecular flexibility index (Phi) is 4.56. The second-order valence-corrected chi connectivity index (χ2v) is 8.80. The van der Waals surface area contributed by atoms with Gasteiger partial charge in [-0.2, -0.15) is 5.10 Å². The Balaban J connectivity index is 1.98. The Morgan fingerprint density at radius 1 is 1.13 bits per heavy atom. The van der Waals surface area contributed by atoms with Crippen LogP contribution in [0.25, 0.3) is 16.6 Å². The number of hydrogen-bond acceptors (Lipinski definition) is 4. The number of nitrogen functional groups attached to an aromatic ring is 1. The molecule has 3 aromatic rings. The molecular formula is C23H27N5O2. The minimum Gasteiger partial charge on any atom is -0.396 e. The first kappa shape index (κ1) is 19.9. The number of nitrogens with zero attached hydrogens (tertiary/aromatic N) is 2. The van der Waals surface area contributed by atoms with Crippen LogP contribution in [0.5, 0.6) is 0 Å². The molecule has 156 valence electrons. The van der Waals surface area contributed by atoms with Crippen molar-refractivity contribution in [1.29, 1.82) is 0 Å². The lowest BCUT2D eigenvalue weighted by Crippen LogP contribution is -2.45. The van der Waals surface area contributed by atoms with Crippen molar-refractivity contribution in [1.82, 2.24) is 9.61 Å². The van der Waals surface area contributed by atoms with Gasteiger partial charge in [0.05, 0.1) is 28.4 Å². The van der Waals surface area contributed by atoms with E-state index in [2.05, 4.69) is 12.0 Å². The average molecular weight is 406 g/mol. The molecule has 2 unspecified atom stereocenters. The van der Waals surface area contributed by atoms with Gasteiger partial charge in [0, 0.05) is 11.8 Å². The predicted molar refractivity (Wildman–Crippen MR) is 117 cm³/mol. The van der Waals surface area contributed by atoms with Crippen molar-refractivity contribution in [3.8, 4) is 11.1 Å². The molecule has 2 amide bonds. The molecule has 1 aliphatic carbocycles. The van der Waals surface area contributed by atoms with Crippen molar-refractivity contribution < 1.29 is 9.59 Å². The number of carbonyl (C=O) groups excluding carboxylic acids is 2. The zero-order valence-electron chi connectivity index (χ0n) is 17.3. The van der Waals surface area contributed by atoms with E-state index in [9.17, 15) is 9.59 Å². The van der Waals surface area contributed by atoms with Gasteiger partial charge in [0.15, 0.2) is 0 Å². The van der Waals surface area contributed by atoms with Crippen molar-refractivity contribution in [2.75, 3.05) is 5.73 Å². The summed E-state index contributed by atoms with van der Waals surface area (Å²) in [5.74, 6) is -0.902. The maximum Gasteiger partial charge on any atom is 0.252 e. The van der Waals surface area contributed by atoms with Gasteiger partial charge in [0.2, 0.25) is 5.91 Å². The van der Waals surface area contributed by atoms with Gasteiger partial charge in [-0.05, 0) is 35.8 Å². The van der Waals surface area contributed by atoms with E-state index in [1.165, 1.54) is 6.20 Å². The van der Waals surface area contributed by atoms with E-state index in [1.54, 1.807) is 4.52 Å². The second kappa shape index (κ2) is 6.86. The summed E-state index contributed by atoms with van der Waals surface area (Å²) < 4.78 is 1.69. The van der Waals surface area contributed by atoms with Gasteiger partial charge in [-0.15, -0.1) is 0 Å². The Morgan fingerprint density at radius 2 is 1.83 bits per heavy atom. The summed E-state index contributed by atoms with van der Waals surface area (Å²) >= 11 is 0. The first-order chi connectivity index (χ1) is 14.2. The van der Waals surface area contributed by atoms with Crippen molar-refractivity contribution >= 4 is 23.0 Å². The number of fused-ring (bicyclic) bond motifs is 1. The summed E-state index contributed by atoms with van der Waals surface area (Å²) in [4.78, 5) is 24.3. The molecule has 2 atom stereocenters. The maximum absolute atomic E-state index is 12.4. The molecule has 1 saturated carbocycles. The van der Waals surface area contributed by atoms with E-state index in [-0.39, 0.29) is 16.9 Å².